The number of H-pyrrole nitrogens is 1. The number of carbonyl (C=O) groups excluding carboxylic acids is 2. The van der Waals surface area contributed by atoms with E-state index in [0.717, 1.165) is 0 Å². The number of aromatic amines is 1. The summed E-state index contributed by atoms with van der Waals surface area (Å²) in [5.41, 5.74) is 13.0. The Morgan fingerprint density at radius 3 is 2.47 bits per heavy atom. The van der Waals surface area contributed by atoms with Crippen LogP contribution in [0.1, 0.15) is 28.0 Å². The quantitative estimate of drug-likeness (QED) is 0.204. The van der Waals surface area contributed by atoms with Crippen LogP contribution in [0, 0.1) is 0 Å². The first-order chi connectivity index (χ1) is 14.2. The molecule has 30 heavy (non-hydrogen) atoms. The normalized spacial score (nSPS) is 10.0. The molecule has 0 atom stereocenters. The van der Waals surface area contributed by atoms with Crippen molar-refractivity contribution in [3.63, 3.8) is 0 Å². The third kappa shape index (κ3) is 5.64. The molecule has 0 unspecified atom stereocenters. The fourth-order valence-electron chi connectivity index (χ4n) is 2.26. The van der Waals surface area contributed by atoms with Gasteiger partial charge in [-0.25, -0.2) is 14.4 Å². The van der Waals surface area contributed by atoms with Gasteiger partial charge in [0.2, 0.25) is 5.76 Å². The Hall–Kier alpha value is -4.21. The van der Waals surface area contributed by atoms with Gasteiger partial charge in [0.25, 0.3) is 0 Å². The smallest absolute Gasteiger partial charge is 0.374 e. The molecule has 6 N–H and O–H groups in total. The molecule has 10 heteroatoms. The lowest BCUT2D eigenvalue weighted by Crippen LogP contribution is -2.13. The van der Waals surface area contributed by atoms with Crippen molar-refractivity contribution in [3.05, 3.63) is 60.2 Å². The predicted molar refractivity (Wildman–Crippen MR) is 109 cm³/mol. The molecule has 2 aromatic heterocycles. The Labute approximate surface area is 171 Å². The van der Waals surface area contributed by atoms with E-state index in [2.05, 4.69) is 11.6 Å². The summed E-state index contributed by atoms with van der Waals surface area (Å²) in [4.78, 5) is 35.6. The third-order valence-corrected chi connectivity index (χ3v) is 3.70. The van der Waals surface area contributed by atoms with E-state index in [1.165, 1.54) is 19.3 Å². The van der Waals surface area contributed by atoms with Crippen LogP contribution in [-0.2, 0) is 14.3 Å². The summed E-state index contributed by atoms with van der Waals surface area (Å²) >= 11 is 0. The van der Waals surface area contributed by atoms with Gasteiger partial charge in [-0.15, -0.1) is 0 Å². The number of benzene rings is 1. The SMILES string of the molecule is C=C(C)C(=O)OCCOC(=O)c1ccco1.Nc1ccc2[nH]c(C(=O)O)c(N)c2c1. The highest BCUT2D eigenvalue weighted by Gasteiger charge is 2.14. The Balaban J connectivity index is 0.000000215. The molecule has 3 aromatic rings. The lowest BCUT2D eigenvalue weighted by Gasteiger charge is -2.04. The number of esters is 2. The minimum atomic E-state index is -1.07. The molecule has 0 amide bonds. The second kappa shape index (κ2) is 9.82. The molecule has 0 saturated carbocycles. The molecule has 3 rings (SSSR count). The highest BCUT2D eigenvalue weighted by molar-refractivity contribution is 6.05. The topological polar surface area (TPSA) is 171 Å². The number of hydrogen-bond acceptors (Lipinski definition) is 8. The summed E-state index contributed by atoms with van der Waals surface area (Å²) in [6, 6.07) is 8.10. The van der Waals surface area contributed by atoms with E-state index in [-0.39, 0.29) is 30.4 Å². The monoisotopic (exact) mass is 415 g/mol. The molecule has 158 valence electrons. The number of rotatable bonds is 6. The van der Waals surface area contributed by atoms with Gasteiger partial charge in [-0.3, -0.25) is 0 Å². The fourth-order valence-corrected chi connectivity index (χ4v) is 2.26. The predicted octanol–water partition coefficient (Wildman–Crippen LogP) is 2.59. The molecule has 0 bridgehead atoms. The average Bonchev–Trinajstić information content (AvgIpc) is 3.34. The first-order valence-electron chi connectivity index (χ1n) is 8.64. The van der Waals surface area contributed by atoms with E-state index in [4.69, 9.17) is 30.5 Å². The van der Waals surface area contributed by atoms with Crippen molar-refractivity contribution in [2.75, 3.05) is 24.7 Å². The minimum absolute atomic E-state index is 0.00184. The minimum Gasteiger partial charge on any atom is -0.477 e. The third-order valence-electron chi connectivity index (χ3n) is 3.70. The fraction of sp³-hybridized carbons (Fsp3) is 0.150. The number of hydrogen-bond donors (Lipinski definition) is 4. The summed E-state index contributed by atoms with van der Waals surface area (Å²) in [5, 5.41) is 9.43. The van der Waals surface area contributed by atoms with Crippen LogP contribution < -0.4 is 11.5 Å². The van der Waals surface area contributed by atoms with Crippen molar-refractivity contribution in [3.8, 4) is 0 Å². The Bertz CT molecular complexity index is 1070. The van der Waals surface area contributed by atoms with Crippen molar-refractivity contribution in [1.29, 1.82) is 0 Å². The van der Waals surface area contributed by atoms with Gasteiger partial charge in [0.1, 0.15) is 18.9 Å². The van der Waals surface area contributed by atoms with Crippen molar-refractivity contribution in [2.45, 2.75) is 6.92 Å². The Morgan fingerprint density at radius 1 is 1.17 bits per heavy atom. The molecule has 0 spiro atoms. The number of aromatic nitrogens is 1. The van der Waals surface area contributed by atoms with E-state index in [0.29, 0.717) is 22.2 Å². The number of carboxylic acids is 1. The lowest BCUT2D eigenvalue weighted by atomic mass is 10.2. The maximum atomic E-state index is 11.2. The van der Waals surface area contributed by atoms with Crippen LogP contribution in [0.4, 0.5) is 11.4 Å². The van der Waals surface area contributed by atoms with Crippen molar-refractivity contribution >= 4 is 40.2 Å². The summed E-state index contributed by atoms with van der Waals surface area (Å²) < 4.78 is 14.3. The lowest BCUT2D eigenvalue weighted by molar-refractivity contribution is -0.140. The highest BCUT2D eigenvalue weighted by atomic mass is 16.6. The maximum absolute atomic E-state index is 11.2. The zero-order valence-corrected chi connectivity index (χ0v) is 16.1. The van der Waals surface area contributed by atoms with Gasteiger partial charge in [0.15, 0.2) is 0 Å². The van der Waals surface area contributed by atoms with Gasteiger partial charge < -0.3 is 35.4 Å². The number of carbonyl (C=O) groups is 3. The molecule has 0 radical (unpaired) electrons. The van der Waals surface area contributed by atoms with E-state index in [9.17, 15) is 14.4 Å². The van der Waals surface area contributed by atoms with Crippen molar-refractivity contribution < 1.29 is 33.4 Å². The van der Waals surface area contributed by atoms with Gasteiger partial charge in [0.05, 0.1) is 12.0 Å². The summed E-state index contributed by atoms with van der Waals surface area (Å²) in [6.07, 6.45) is 1.37. The average molecular weight is 415 g/mol. The number of furan rings is 1. The van der Waals surface area contributed by atoms with E-state index in [1.807, 2.05) is 0 Å². The second-order valence-electron chi connectivity index (χ2n) is 6.05. The molecule has 10 nitrogen and oxygen atoms in total. The standard InChI is InChI=1S/C11H12O5.C9H9N3O2/c1-8(2)10(12)15-6-7-16-11(13)9-4-3-5-14-9;10-4-1-2-6-5(3-4)7(11)8(12-6)9(13)14/h3-5H,1,6-7H2,2H3;1-3,12H,10-11H2,(H,13,14). The van der Waals surface area contributed by atoms with Crippen LogP contribution in [0.5, 0.6) is 0 Å². The van der Waals surface area contributed by atoms with E-state index >= 15 is 0 Å². The van der Waals surface area contributed by atoms with Gasteiger partial charge in [-0.05, 0) is 37.3 Å². The molecule has 0 saturated heterocycles. The van der Waals surface area contributed by atoms with Crippen LogP contribution in [-0.4, -0.2) is 41.2 Å². The number of carboxylic acid groups (broad SMARTS) is 1. The molecule has 1 aromatic carbocycles. The number of ether oxygens (including phenoxy) is 2. The van der Waals surface area contributed by atoms with Gasteiger partial charge in [0, 0.05) is 22.2 Å². The number of anilines is 2. The summed E-state index contributed by atoms with van der Waals surface area (Å²) in [5.74, 6) is -2.05. The number of fused-ring (bicyclic) bond motifs is 1. The number of nitrogen functional groups attached to an aromatic ring is 2. The van der Waals surface area contributed by atoms with E-state index < -0.39 is 17.9 Å². The van der Waals surface area contributed by atoms with E-state index in [1.54, 1.807) is 24.3 Å². The van der Waals surface area contributed by atoms with Gasteiger partial charge in [-0.2, -0.15) is 0 Å². The first kappa shape index (κ1) is 22.1. The van der Waals surface area contributed by atoms with Crippen LogP contribution in [0.15, 0.2) is 53.2 Å². The zero-order valence-electron chi connectivity index (χ0n) is 16.1. The van der Waals surface area contributed by atoms with Crippen molar-refractivity contribution in [1.82, 2.24) is 4.98 Å². The van der Waals surface area contributed by atoms with Crippen LogP contribution in [0.2, 0.25) is 0 Å². The van der Waals surface area contributed by atoms with Gasteiger partial charge >= 0.3 is 17.9 Å². The van der Waals surface area contributed by atoms with Crippen LogP contribution >= 0.6 is 0 Å². The molecule has 0 aliphatic carbocycles. The summed E-state index contributed by atoms with van der Waals surface area (Å²) in [6.45, 7) is 4.93. The largest absolute Gasteiger partial charge is 0.477 e. The maximum Gasteiger partial charge on any atom is 0.374 e. The highest BCUT2D eigenvalue weighted by Crippen LogP contribution is 2.26. The molecular formula is C20H21N3O7. The van der Waals surface area contributed by atoms with Crippen molar-refractivity contribution in [2.24, 2.45) is 0 Å². The van der Waals surface area contributed by atoms with Crippen LogP contribution in [0.25, 0.3) is 10.9 Å². The van der Waals surface area contributed by atoms with Crippen LogP contribution in [0.3, 0.4) is 0 Å². The first-order valence-corrected chi connectivity index (χ1v) is 8.64. The molecule has 0 aliphatic heterocycles. The number of nitrogens with two attached hydrogens (primary N) is 2. The molecule has 2 heterocycles. The second-order valence-corrected chi connectivity index (χ2v) is 6.05. The Kier molecular flexibility index (Phi) is 7.23. The molecule has 0 aliphatic rings. The molecule has 0 fully saturated rings. The number of aromatic carboxylic acids is 1. The number of nitrogens with one attached hydrogen (secondary N) is 1. The summed E-state index contributed by atoms with van der Waals surface area (Å²) in [7, 11) is 0. The Morgan fingerprint density at radius 2 is 1.87 bits per heavy atom. The molecular weight excluding hydrogens is 394 g/mol. The van der Waals surface area contributed by atoms with Gasteiger partial charge in [-0.1, -0.05) is 6.58 Å². The zero-order chi connectivity index (χ0) is 22.3.